The first-order chi connectivity index (χ1) is 7.61. The molecule has 0 saturated heterocycles. The number of thiophene rings is 2. The Labute approximate surface area is 113 Å². The summed E-state index contributed by atoms with van der Waals surface area (Å²) in [5, 5.41) is 0. The number of nitrogens with two attached hydrogens (primary N) is 1. The first-order valence-electron chi connectivity index (χ1n) is 4.90. The fourth-order valence-electron chi connectivity index (χ4n) is 1.47. The highest BCUT2D eigenvalue weighted by molar-refractivity contribution is 7.20. The molecule has 2 aromatic rings. The van der Waals surface area contributed by atoms with Gasteiger partial charge in [0, 0.05) is 15.3 Å². The Morgan fingerprint density at radius 3 is 2.56 bits per heavy atom. The van der Waals surface area contributed by atoms with E-state index < -0.39 is 0 Å². The summed E-state index contributed by atoms with van der Waals surface area (Å²) in [6.45, 7) is 2.13. The van der Waals surface area contributed by atoms with Gasteiger partial charge in [0.2, 0.25) is 0 Å². The van der Waals surface area contributed by atoms with E-state index in [0.717, 1.165) is 16.9 Å². The lowest BCUT2D eigenvalue weighted by Crippen LogP contribution is -2.09. The van der Waals surface area contributed by atoms with E-state index in [-0.39, 0.29) is 6.04 Å². The van der Waals surface area contributed by atoms with Crippen molar-refractivity contribution < 1.29 is 0 Å². The van der Waals surface area contributed by atoms with E-state index in [1.807, 2.05) is 6.07 Å². The molecule has 1 atom stereocenters. The van der Waals surface area contributed by atoms with E-state index in [2.05, 4.69) is 19.1 Å². The molecular weight excluding hydrogens is 281 g/mol. The highest BCUT2D eigenvalue weighted by Gasteiger charge is 2.17. The number of rotatable bonds is 3. The summed E-state index contributed by atoms with van der Waals surface area (Å²) < 4.78 is 1.37. The van der Waals surface area contributed by atoms with E-state index in [1.54, 1.807) is 11.3 Å². The Bertz CT molecular complexity index is 490. The molecule has 0 saturated carbocycles. The van der Waals surface area contributed by atoms with Crippen LogP contribution in [0.1, 0.15) is 28.3 Å². The van der Waals surface area contributed by atoms with Crippen LogP contribution in [-0.4, -0.2) is 0 Å². The SMILES string of the molecule is CCc1ccc(C(N)c2cc(Cl)sc2Cl)s1. The summed E-state index contributed by atoms with van der Waals surface area (Å²) in [5.41, 5.74) is 7.09. The van der Waals surface area contributed by atoms with Gasteiger partial charge in [-0.3, -0.25) is 0 Å². The summed E-state index contributed by atoms with van der Waals surface area (Å²) in [6.07, 6.45) is 1.04. The van der Waals surface area contributed by atoms with E-state index in [9.17, 15) is 0 Å². The third-order valence-corrected chi connectivity index (χ3v) is 5.19. The second-order valence-corrected chi connectivity index (χ2v) is 6.90. The predicted molar refractivity (Wildman–Crippen MR) is 74.1 cm³/mol. The van der Waals surface area contributed by atoms with Gasteiger partial charge in [-0.05, 0) is 24.6 Å². The van der Waals surface area contributed by atoms with E-state index in [4.69, 9.17) is 28.9 Å². The predicted octanol–water partition coefficient (Wildman–Crippen LogP) is 4.73. The van der Waals surface area contributed by atoms with Gasteiger partial charge in [0.1, 0.15) is 0 Å². The topological polar surface area (TPSA) is 26.0 Å². The van der Waals surface area contributed by atoms with Gasteiger partial charge in [0.15, 0.2) is 0 Å². The first kappa shape index (κ1) is 12.4. The molecule has 0 bridgehead atoms. The maximum Gasteiger partial charge on any atom is 0.0995 e. The zero-order valence-electron chi connectivity index (χ0n) is 8.67. The Morgan fingerprint density at radius 1 is 1.31 bits per heavy atom. The van der Waals surface area contributed by atoms with Crippen molar-refractivity contribution in [3.63, 3.8) is 0 Å². The first-order valence-corrected chi connectivity index (χ1v) is 7.29. The molecule has 0 amide bonds. The van der Waals surface area contributed by atoms with Gasteiger partial charge < -0.3 is 5.73 Å². The Morgan fingerprint density at radius 2 is 2.06 bits per heavy atom. The van der Waals surface area contributed by atoms with Crippen LogP contribution in [0.3, 0.4) is 0 Å². The molecule has 1 nitrogen and oxygen atoms in total. The molecule has 0 spiro atoms. The molecule has 5 heteroatoms. The van der Waals surface area contributed by atoms with Crippen molar-refractivity contribution in [3.8, 4) is 0 Å². The number of hydrogen-bond acceptors (Lipinski definition) is 3. The smallest absolute Gasteiger partial charge is 0.0995 e. The number of halogens is 2. The molecule has 2 N–H and O–H groups in total. The lowest BCUT2D eigenvalue weighted by atomic mass is 10.1. The van der Waals surface area contributed by atoms with Crippen LogP contribution >= 0.6 is 45.9 Å². The summed E-state index contributed by atoms with van der Waals surface area (Å²) in [4.78, 5) is 2.47. The summed E-state index contributed by atoms with van der Waals surface area (Å²) >= 11 is 15.1. The number of aryl methyl sites for hydroxylation is 1. The van der Waals surface area contributed by atoms with Gasteiger partial charge >= 0.3 is 0 Å². The van der Waals surface area contributed by atoms with Gasteiger partial charge in [-0.1, -0.05) is 30.1 Å². The zero-order chi connectivity index (χ0) is 11.7. The molecule has 16 heavy (non-hydrogen) atoms. The fraction of sp³-hybridized carbons (Fsp3) is 0.273. The minimum atomic E-state index is -0.165. The third kappa shape index (κ3) is 2.44. The van der Waals surface area contributed by atoms with Crippen LogP contribution < -0.4 is 5.73 Å². The van der Waals surface area contributed by atoms with Crippen molar-refractivity contribution in [2.24, 2.45) is 5.73 Å². The Hall–Kier alpha value is -0.0600. The minimum Gasteiger partial charge on any atom is -0.320 e. The molecular formula is C11H11Cl2NS2. The van der Waals surface area contributed by atoms with Gasteiger partial charge in [0.05, 0.1) is 14.7 Å². The summed E-state index contributed by atoms with van der Waals surface area (Å²) in [7, 11) is 0. The van der Waals surface area contributed by atoms with Crippen LogP contribution in [0.5, 0.6) is 0 Å². The lowest BCUT2D eigenvalue weighted by molar-refractivity contribution is 0.900. The molecule has 0 aliphatic heterocycles. The summed E-state index contributed by atoms with van der Waals surface area (Å²) in [5.74, 6) is 0. The second kappa shape index (κ2) is 5.07. The zero-order valence-corrected chi connectivity index (χ0v) is 11.8. The highest BCUT2D eigenvalue weighted by Crippen LogP contribution is 2.38. The number of hydrogen-bond donors (Lipinski definition) is 1. The van der Waals surface area contributed by atoms with E-state index in [0.29, 0.717) is 8.67 Å². The van der Waals surface area contributed by atoms with Crippen molar-refractivity contribution >= 4 is 45.9 Å². The fourth-order valence-corrected chi connectivity index (χ4v) is 3.99. The molecule has 0 radical (unpaired) electrons. The average Bonchev–Trinajstić information content (AvgIpc) is 2.84. The van der Waals surface area contributed by atoms with Crippen molar-refractivity contribution in [2.45, 2.75) is 19.4 Å². The maximum absolute atomic E-state index is 6.17. The van der Waals surface area contributed by atoms with Gasteiger partial charge in [-0.2, -0.15) is 0 Å². The third-order valence-electron chi connectivity index (χ3n) is 2.36. The van der Waals surface area contributed by atoms with E-state index in [1.165, 1.54) is 16.2 Å². The van der Waals surface area contributed by atoms with Crippen LogP contribution in [0.25, 0.3) is 0 Å². The average molecular weight is 292 g/mol. The normalized spacial score (nSPS) is 13.0. The molecule has 2 rings (SSSR count). The van der Waals surface area contributed by atoms with Crippen molar-refractivity contribution in [2.75, 3.05) is 0 Å². The Kier molecular flexibility index (Phi) is 3.93. The highest BCUT2D eigenvalue weighted by atomic mass is 35.5. The lowest BCUT2D eigenvalue weighted by Gasteiger charge is -2.07. The quantitative estimate of drug-likeness (QED) is 0.869. The Balaban J connectivity index is 2.31. The molecule has 2 heterocycles. The molecule has 0 aliphatic carbocycles. The second-order valence-electron chi connectivity index (χ2n) is 3.41. The van der Waals surface area contributed by atoms with Crippen LogP contribution in [0.4, 0.5) is 0 Å². The van der Waals surface area contributed by atoms with Gasteiger partial charge in [-0.25, -0.2) is 0 Å². The van der Waals surface area contributed by atoms with Gasteiger partial charge in [0.25, 0.3) is 0 Å². The molecule has 0 aliphatic rings. The van der Waals surface area contributed by atoms with Crippen LogP contribution in [0.2, 0.25) is 8.67 Å². The molecule has 1 unspecified atom stereocenters. The standard InChI is InChI=1S/C11H11Cl2NS2/c1-2-6-3-4-8(15-6)10(14)7-5-9(12)16-11(7)13/h3-5,10H,2,14H2,1H3. The van der Waals surface area contributed by atoms with Crippen molar-refractivity contribution in [1.82, 2.24) is 0 Å². The summed E-state index contributed by atoms with van der Waals surface area (Å²) in [6, 6.07) is 5.86. The van der Waals surface area contributed by atoms with Crippen molar-refractivity contribution in [1.29, 1.82) is 0 Å². The van der Waals surface area contributed by atoms with Crippen LogP contribution in [0, 0.1) is 0 Å². The van der Waals surface area contributed by atoms with Crippen LogP contribution in [-0.2, 0) is 6.42 Å². The van der Waals surface area contributed by atoms with E-state index >= 15 is 0 Å². The minimum absolute atomic E-state index is 0.165. The molecule has 0 fully saturated rings. The maximum atomic E-state index is 6.17. The molecule has 2 aromatic heterocycles. The molecule has 0 aromatic carbocycles. The van der Waals surface area contributed by atoms with Gasteiger partial charge in [-0.15, -0.1) is 22.7 Å². The monoisotopic (exact) mass is 291 g/mol. The van der Waals surface area contributed by atoms with Crippen LogP contribution in [0.15, 0.2) is 18.2 Å². The van der Waals surface area contributed by atoms with Crippen molar-refractivity contribution in [3.05, 3.63) is 42.2 Å². The largest absolute Gasteiger partial charge is 0.320 e. The molecule has 86 valence electrons.